The minimum Gasteiger partial charge on any atom is -0.468 e. The smallest absolute Gasteiger partial charge is 0.325 e. The molecule has 1 aliphatic carbocycles. The Morgan fingerprint density at radius 3 is 2.67 bits per heavy atom. The first-order valence-electron chi connectivity index (χ1n) is 4.64. The summed E-state index contributed by atoms with van der Waals surface area (Å²) in [5.74, 6) is -0.238. The molecule has 88 valence electrons. The molecule has 15 heavy (non-hydrogen) atoms. The predicted octanol–water partition coefficient (Wildman–Crippen LogP) is 0.0962. The third kappa shape index (κ3) is 4.81. The first kappa shape index (κ1) is 12.7. The molecule has 1 rings (SSSR count). The lowest BCUT2D eigenvalue weighted by Crippen LogP contribution is -2.35. The fraction of sp³-hybridized carbons (Fsp3) is 0.875. The van der Waals surface area contributed by atoms with Gasteiger partial charge >= 0.3 is 5.97 Å². The average molecular weight is 256 g/mol. The Morgan fingerprint density at radius 1 is 1.60 bits per heavy atom. The van der Waals surface area contributed by atoms with E-state index in [1.165, 1.54) is 7.11 Å². The molecule has 1 aliphatic rings. The van der Waals surface area contributed by atoms with Crippen LogP contribution >= 0.6 is 11.6 Å². The van der Waals surface area contributed by atoms with Crippen LogP contribution in [0.2, 0.25) is 0 Å². The summed E-state index contributed by atoms with van der Waals surface area (Å²) in [6.07, 6.45) is 1.92. The van der Waals surface area contributed by atoms with Crippen LogP contribution in [0.4, 0.5) is 0 Å². The van der Waals surface area contributed by atoms with E-state index in [9.17, 15) is 13.2 Å². The van der Waals surface area contributed by atoms with Crippen molar-refractivity contribution < 1.29 is 17.9 Å². The van der Waals surface area contributed by atoms with Crippen LogP contribution in [0.3, 0.4) is 0 Å². The van der Waals surface area contributed by atoms with Gasteiger partial charge in [0.2, 0.25) is 10.0 Å². The second-order valence-electron chi connectivity index (χ2n) is 3.56. The monoisotopic (exact) mass is 255 g/mol. The van der Waals surface area contributed by atoms with Gasteiger partial charge in [0.25, 0.3) is 0 Å². The van der Waals surface area contributed by atoms with Crippen molar-refractivity contribution in [3.8, 4) is 0 Å². The van der Waals surface area contributed by atoms with Crippen molar-refractivity contribution in [2.45, 2.75) is 18.2 Å². The molecule has 0 aromatic heterocycles. The molecule has 5 nitrogen and oxygen atoms in total. The summed E-state index contributed by atoms with van der Waals surface area (Å²) in [6.45, 7) is -0.122. The molecule has 0 amide bonds. The highest BCUT2D eigenvalue weighted by atomic mass is 35.5. The molecule has 0 spiro atoms. The maximum atomic E-state index is 11.4. The standard InChI is InChI=1S/C8H14ClNO4S/c1-14-8(11)7(9)4-10-15(12,13)5-6-2-3-6/h6-7,10H,2-5H2,1H3. The molecule has 1 atom stereocenters. The van der Waals surface area contributed by atoms with Crippen LogP contribution in [-0.2, 0) is 19.6 Å². The number of nitrogens with one attached hydrogen (secondary N) is 1. The molecular formula is C8H14ClNO4S. The molecular weight excluding hydrogens is 242 g/mol. The van der Waals surface area contributed by atoms with Gasteiger partial charge < -0.3 is 4.74 Å². The number of rotatable bonds is 6. The van der Waals surface area contributed by atoms with Crippen molar-refractivity contribution in [3.05, 3.63) is 0 Å². The fourth-order valence-corrected chi connectivity index (χ4v) is 2.82. The second kappa shape index (κ2) is 5.14. The van der Waals surface area contributed by atoms with Crippen LogP contribution in [0.15, 0.2) is 0 Å². The van der Waals surface area contributed by atoms with E-state index < -0.39 is 21.4 Å². The molecule has 1 fully saturated rings. The van der Waals surface area contributed by atoms with Crippen LogP contribution in [0.5, 0.6) is 0 Å². The molecule has 0 bridgehead atoms. The number of methoxy groups -OCH3 is 1. The predicted molar refractivity (Wildman–Crippen MR) is 56.2 cm³/mol. The number of ether oxygens (including phenoxy) is 1. The van der Waals surface area contributed by atoms with Gasteiger partial charge in [0, 0.05) is 6.54 Å². The Hall–Kier alpha value is -0.330. The van der Waals surface area contributed by atoms with E-state index in [0.717, 1.165) is 12.8 Å². The summed E-state index contributed by atoms with van der Waals surface area (Å²) < 4.78 is 29.4. The van der Waals surface area contributed by atoms with E-state index in [1.54, 1.807) is 0 Å². The number of alkyl halides is 1. The first-order valence-corrected chi connectivity index (χ1v) is 6.72. The molecule has 0 heterocycles. The second-order valence-corrected chi connectivity index (χ2v) is 5.94. The Kier molecular flexibility index (Phi) is 4.36. The normalized spacial score (nSPS) is 18.5. The van der Waals surface area contributed by atoms with Crippen LogP contribution in [0, 0.1) is 5.92 Å². The van der Waals surface area contributed by atoms with Gasteiger partial charge in [-0.3, -0.25) is 4.79 Å². The van der Waals surface area contributed by atoms with Gasteiger partial charge in [-0.05, 0) is 18.8 Å². The number of esters is 1. The zero-order chi connectivity index (χ0) is 11.5. The summed E-state index contributed by atoms with van der Waals surface area (Å²) in [5.41, 5.74) is 0. The minimum absolute atomic E-state index is 0.122. The number of sulfonamides is 1. The van der Waals surface area contributed by atoms with Gasteiger partial charge in [-0.1, -0.05) is 0 Å². The van der Waals surface area contributed by atoms with Crippen molar-refractivity contribution in [2.24, 2.45) is 5.92 Å². The van der Waals surface area contributed by atoms with Crippen molar-refractivity contribution in [1.82, 2.24) is 4.72 Å². The van der Waals surface area contributed by atoms with Crippen molar-refractivity contribution in [3.63, 3.8) is 0 Å². The molecule has 0 saturated heterocycles. The average Bonchev–Trinajstić information content (AvgIpc) is 2.96. The number of hydrogen-bond donors (Lipinski definition) is 1. The van der Waals surface area contributed by atoms with E-state index in [-0.39, 0.29) is 18.2 Å². The van der Waals surface area contributed by atoms with Crippen LogP contribution in [-0.4, -0.2) is 39.2 Å². The lowest BCUT2D eigenvalue weighted by Gasteiger charge is -2.09. The highest BCUT2D eigenvalue weighted by Crippen LogP contribution is 2.29. The summed E-state index contributed by atoms with van der Waals surface area (Å²) in [4.78, 5) is 10.9. The highest BCUT2D eigenvalue weighted by Gasteiger charge is 2.28. The number of halogens is 1. The zero-order valence-corrected chi connectivity index (χ0v) is 9.97. The molecule has 1 unspecified atom stereocenters. The van der Waals surface area contributed by atoms with Gasteiger partial charge in [0.15, 0.2) is 0 Å². The highest BCUT2D eigenvalue weighted by molar-refractivity contribution is 7.89. The summed E-state index contributed by atoms with van der Waals surface area (Å²) >= 11 is 5.59. The van der Waals surface area contributed by atoms with Crippen LogP contribution in [0.25, 0.3) is 0 Å². The Bertz CT molecular complexity index is 326. The van der Waals surface area contributed by atoms with Gasteiger partial charge in [-0.25, -0.2) is 13.1 Å². The largest absolute Gasteiger partial charge is 0.468 e. The van der Waals surface area contributed by atoms with E-state index in [4.69, 9.17) is 11.6 Å². The van der Waals surface area contributed by atoms with Crippen LogP contribution in [0.1, 0.15) is 12.8 Å². The number of carbonyl (C=O) groups excluding carboxylic acids is 1. The third-order valence-corrected chi connectivity index (χ3v) is 3.94. The quantitative estimate of drug-likeness (QED) is 0.540. The minimum atomic E-state index is -3.30. The van der Waals surface area contributed by atoms with E-state index in [0.29, 0.717) is 0 Å². The fourth-order valence-electron chi connectivity index (χ4n) is 1.07. The molecule has 0 radical (unpaired) electrons. The molecule has 0 aromatic rings. The topological polar surface area (TPSA) is 72.5 Å². The van der Waals surface area contributed by atoms with E-state index in [2.05, 4.69) is 9.46 Å². The molecule has 7 heteroatoms. The Labute approximate surface area is 94.2 Å². The summed E-state index contributed by atoms with van der Waals surface area (Å²) in [6, 6.07) is 0. The van der Waals surface area contributed by atoms with Gasteiger partial charge in [-0.2, -0.15) is 0 Å². The van der Waals surface area contributed by atoms with Crippen molar-refractivity contribution >= 4 is 27.6 Å². The summed E-state index contributed by atoms with van der Waals surface area (Å²) in [5, 5.41) is -0.969. The van der Waals surface area contributed by atoms with Crippen molar-refractivity contribution in [2.75, 3.05) is 19.4 Å². The maximum absolute atomic E-state index is 11.4. The van der Waals surface area contributed by atoms with Crippen LogP contribution < -0.4 is 4.72 Å². The molecule has 1 saturated carbocycles. The third-order valence-electron chi connectivity index (χ3n) is 2.09. The lowest BCUT2D eigenvalue weighted by molar-refractivity contribution is -0.140. The first-order chi connectivity index (χ1) is 6.94. The number of hydrogen-bond acceptors (Lipinski definition) is 4. The Morgan fingerprint density at radius 2 is 2.20 bits per heavy atom. The number of carbonyl (C=O) groups is 1. The molecule has 0 aromatic carbocycles. The zero-order valence-electron chi connectivity index (χ0n) is 8.40. The van der Waals surface area contributed by atoms with E-state index in [1.807, 2.05) is 0 Å². The molecule has 1 N–H and O–H groups in total. The SMILES string of the molecule is COC(=O)C(Cl)CNS(=O)(=O)CC1CC1. The van der Waals surface area contributed by atoms with E-state index >= 15 is 0 Å². The Balaban J connectivity index is 2.31. The summed E-state index contributed by atoms with van der Waals surface area (Å²) in [7, 11) is -2.09. The lowest BCUT2D eigenvalue weighted by atomic mass is 10.4. The van der Waals surface area contributed by atoms with Crippen molar-refractivity contribution in [1.29, 1.82) is 0 Å². The maximum Gasteiger partial charge on any atom is 0.325 e. The molecule has 0 aliphatic heterocycles. The van der Waals surface area contributed by atoms with Gasteiger partial charge in [-0.15, -0.1) is 11.6 Å². The van der Waals surface area contributed by atoms with Gasteiger partial charge in [0.1, 0.15) is 5.38 Å². The van der Waals surface area contributed by atoms with Gasteiger partial charge in [0.05, 0.1) is 12.9 Å².